The number of nitrogens with zero attached hydrogens (tertiary/aromatic N) is 2. The van der Waals surface area contributed by atoms with Gasteiger partial charge in [-0.1, -0.05) is 18.2 Å². The molecule has 1 aliphatic rings. The van der Waals surface area contributed by atoms with Crippen molar-refractivity contribution in [2.45, 2.75) is 19.3 Å². The molecule has 1 aromatic carbocycles. The summed E-state index contributed by atoms with van der Waals surface area (Å²) in [7, 11) is 1.65. The molecule has 0 radical (unpaired) electrons. The first-order valence-corrected chi connectivity index (χ1v) is 10.1. The van der Waals surface area contributed by atoms with Crippen molar-refractivity contribution >= 4 is 16.8 Å². The molecule has 0 aliphatic carbocycles. The van der Waals surface area contributed by atoms with Crippen LogP contribution in [-0.4, -0.2) is 46.8 Å². The smallest absolute Gasteiger partial charge is 0.254 e. The molecule has 0 unspecified atom stereocenters. The summed E-state index contributed by atoms with van der Waals surface area (Å²) in [4.78, 5) is 40.2. The van der Waals surface area contributed by atoms with Crippen LogP contribution in [0.25, 0.3) is 10.9 Å². The maximum atomic E-state index is 13.3. The standard InChI is InChI=1S/C23H24N2O6/c1-14-11-19(26)21(28)22(31-14)16(13-20(27)25-7-9-30-10-8-25)17-12-15-5-3-4-6-18(15)24(2)23(17)29/h3-6,11-12,16,28H,7-10,13H2,1-2H3/t16-/m1/s1. The second kappa shape index (κ2) is 8.39. The average molecular weight is 424 g/mol. The number of amides is 1. The molecule has 1 N–H and O–H groups in total. The monoisotopic (exact) mass is 424 g/mol. The van der Waals surface area contributed by atoms with Gasteiger partial charge in [0.1, 0.15) is 5.76 Å². The quantitative estimate of drug-likeness (QED) is 0.686. The fraction of sp³-hybridized carbons (Fsp3) is 0.348. The van der Waals surface area contributed by atoms with Crippen LogP contribution in [0.5, 0.6) is 5.75 Å². The van der Waals surface area contributed by atoms with Gasteiger partial charge in [-0.2, -0.15) is 0 Å². The summed E-state index contributed by atoms with van der Waals surface area (Å²) in [5.41, 5.74) is 0.0958. The minimum Gasteiger partial charge on any atom is -0.502 e. The van der Waals surface area contributed by atoms with Gasteiger partial charge in [0.2, 0.25) is 17.1 Å². The zero-order valence-corrected chi connectivity index (χ0v) is 17.5. The number of carbonyl (C=O) groups excluding carboxylic acids is 1. The van der Waals surface area contributed by atoms with Gasteiger partial charge in [-0.3, -0.25) is 14.4 Å². The van der Waals surface area contributed by atoms with Crippen LogP contribution in [0.1, 0.15) is 29.4 Å². The fourth-order valence-corrected chi connectivity index (χ4v) is 4.02. The molecule has 4 rings (SSSR count). The molecule has 1 aliphatic heterocycles. The topological polar surface area (TPSA) is 102 Å². The van der Waals surface area contributed by atoms with Crippen LogP contribution in [0.4, 0.5) is 0 Å². The summed E-state index contributed by atoms with van der Waals surface area (Å²) < 4.78 is 12.5. The van der Waals surface area contributed by atoms with Gasteiger partial charge in [-0.15, -0.1) is 0 Å². The molecule has 8 nitrogen and oxygen atoms in total. The lowest BCUT2D eigenvalue weighted by molar-refractivity contribution is -0.135. The molecule has 1 atom stereocenters. The molecule has 0 bridgehead atoms. The van der Waals surface area contributed by atoms with Gasteiger partial charge in [0.15, 0.2) is 5.76 Å². The highest BCUT2D eigenvalue weighted by atomic mass is 16.5. The summed E-state index contributed by atoms with van der Waals surface area (Å²) in [6.45, 7) is 3.37. The normalized spacial score (nSPS) is 15.2. The molecular weight excluding hydrogens is 400 g/mol. The number of para-hydroxylation sites is 1. The Morgan fingerprint density at radius 1 is 1.16 bits per heavy atom. The minimum absolute atomic E-state index is 0.0704. The van der Waals surface area contributed by atoms with E-state index in [1.165, 1.54) is 10.6 Å². The van der Waals surface area contributed by atoms with Gasteiger partial charge in [0, 0.05) is 38.2 Å². The Hall–Kier alpha value is -3.39. The van der Waals surface area contributed by atoms with E-state index in [1.54, 1.807) is 24.9 Å². The summed E-state index contributed by atoms with van der Waals surface area (Å²) >= 11 is 0. The van der Waals surface area contributed by atoms with Crippen LogP contribution in [0.3, 0.4) is 0 Å². The number of aromatic hydroxyl groups is 1. The van der Waals surface area contributed by atoms with Crippen LogP contribution in [0.15, 0.2) is 50.4 Å². The summed E-state index contributed by atoms with van der Waals surface area (Å²) in [5, 5.41) is 11.3. The van der Waals surface area contributed by atoms with Crippen molar-refractivity contribution in [2.75, 3.05) is 26.3 Å². The van der Waals surface area contributed by atoms with Gasteiger partial charge in [0.05, 0.1) is 24.6 Å². The predicted octanol–water partition coefficient (Wildman–Crippen LogP) is 1.89. The summed E-state index contributed by atoms with van der Waals surface area (Å²) in [6, 6.07) is 10.3. The maximum Gasteiger partial charge on any atom is 0.254 e. The Morgan fingerprint density at radius 2 is 1.87 bits per heavy atom. The highest BCUT2D eigenvalue weighted by Gasteiger charge is 2.31. The molecule has 0 saturated carbocycles. The number of benzene rings is 1. The minimum atomic E-state index is -0.911. The lowest BCUT2D eigenvalue weighted by Crippen LogP contribution is -2.41. The lowest BCUT2D eigenvalue weighted by atomic mass is 9.91. The number of pyridine rings is 1. The van der Waals surface area contributed by atoms with E-state index in [0.29, 0.717) is 32.1 Å². The largest absolute Gasteiger partial charge is 0.502 e. The van der Waals surface area contributed by atoms with E-state index >= 15 is 0 Å². The van der Waals surface area contributed by atoms with E-state index in [9.17, 15) is 19.5 Å². The highest BCUT2D eigenvalue weighted by molar-refractivity contribution is 5.81. The molecule has 0 spiro atoms. The number of fused-ring (bicyclic) bond motifs is 1. The molecule has 3 heterocycles. The second-order valence-corrected chi connectivity index (χ2v) is 7.71. The SMILES string of the molecule is Cc1cc(=O)c(O)c([C@H](CC(=O)N2CCOCC2)c2cc3ccccc3n(C)c2=O)o1. The molecule has 8 heteroatoms. The van der Waals surface area contributed by atoms with E-state index in [1.807, 2.05) is 24.3 Å². The van der Waals surface area contributed by atoms with Crippen LogP contribution in [0.2, 0.25) is 0 Å². The van der Waals surface area contributed by atoms with Crippen molar-refractivity contribution in [2.24, 2.45) is 7.05 Å². The van der Waals surface area contributed by atoms with Gasteiger partial charge in [-0.05, 0) is 24.4 Å². The van der Waals surface area contributed by atoms with Crippen LogP contribution in [0, 0.1) is 6.92 Å². The van der Waals surface area contributed by atoms with Gasteiger partial charge in [0.25, 0.3) is 5.56 Å². The van der Waals surface area contributed by atoms with Crippen LogP contribution >= 0.6 is 0 Å². The molecule has 31 heavy (non-hydrogen) atoms. The maximum absolute atomic E-state index is 13.3. The molecule has 3 aromatic rings. The molecule has 2 aromatic heterocycles. The summed E-state index contributed by atoms with van der Waals surface area (Å²) in [5.74, 6) is -1.47. The Kier molecular flexibility index (Phi) is 5.65. The summed E-state index contributed by atoms with van der Waals surface area (Å²) in [6.07, 6.45) is -0.118. The van der Waals surface area contributed by atoms with Crippen molar-refractivity contribution in [1.82, 2.24) is 9.47 Å². The number of morpholine rings is 1. The number of aromatic nitrogens is 1. The molecule has 162 valence electrons. The number of hydrogen-bond donors (Lipinski definition) is 1. The fourth-order valence-electron chi connectivity index (χ4n) is 4.02. The third kappa shape index (κ3) is 3.98. The molecule has 1 saturated heterocycles. The number of hydrogen-bond acceptors (Lipinski definition) is 6. The Labute approximate surface area is 178 Å². The number of ether oxygens (including phenoxy) is 1. The Morgan fingerprint density at radius 3 is 2.61 bits per heavy atom. The van der Waals surface area contributed by atoms with Gasteiger partial charge >= 0.3 is 0 Å². The first-order valence-electron chi connectivity index (χ1n) is 10.1. The van der Waals surface area contributed by atoms with Gasteiger partial charge in [-0.25, -0.2) is 0 Å². The Bertz CT molecular complexity index is 1250. The zero-order valence-electron chi connectivity index (χ0n) is 17.5. The van der Waals surface area contributed by atoms with Crippen molar-refractivity contribution in [3.63, 3.8) is 0 Å². The predicted molar refractivity (Wildman–Crippen MR) is 114 cm³/mol. The third-order valence-electron chi connectivity index (χ3n) is 5.67. The molecule has 1 fully saturated rings. The first kappa shape index (κ1) is 20.9. The number of aryl methyl sites for hydroxylation is 2. The Balaban J connectivity index is 1.88. The first-order chi connectivity index (χ1) is 14.9. The third-order valence-corrected chi connectivity index (χ3v) is 5.67. The number of carbonyl (C=O) groups is 1. The van der Waals surface area contributed by atoms with Gasteiger partial charge < -0.3 is 23.7 Å². The molecule has 1 amide bonds. The van der Waals surface area contributed by atoms with E-state index < -0.39 is 17.1 Å². The van der Waals surface area contributed by atoms with Crippen molar-refractivity contribution < 1.29 is 19.1 Å². The molecular formula is C23H24N2O6. The van der Waals surface area contributed by atoms with Crippen LogP contribution in [-0.2, 0) is 16.6 Å². The average Bonchev–Trinajstić information content (AvgIpc) is 2.78. The van der Waals surface area contributed by atoms with Crippen molar-refractivity contribution in [3.8, 4) is 5.75 Å². The van der Waals surface area contributed by atoms with Crippen LogP contribution < -0.4 is 11.0 Å². The number of rotatable bonds is 4. The second-order valence-electron chi connectivity index (χ2n) is 7.71. The lowest BCUT2D eigenvalue weighted by Gasteiger charge is -2.28. The highest BCUT2D eigenvalue weighted by Crippen LogP contribution is 2.33. The van der Waals surface area contributed by atoms with E-state index in [2.05, 4.69) is 0 Å². The van der Waals surface area contributed by atoms with E-state index in [-0.39, 0.29) is 29.2 Å². The van der Waals surface area contributed by atoms with E-state index in [0.717, 1.165) is 10.9 Å². The van der Waals surface area contributed by atoms with Crippen molar-refractivity contribution in [1.29, 1.82) is 0 Å². The van der Waals surface area contributed by atoms with Crippen molar-refractivity contribution in [3.05, 3.63) is 74.1 Å². The zero-order chi connectivity index (χ0) is 22.1. The van der Waals surface area contributed by atoms with E-state index in [4.69, 9.17) is 9.15 Å².